The lowest BCUT2D eigenvalue weighted by Gasteiger charge is -2.02. The standard InChI is InChI=1S/C12H21N3O3/c1-3-17-12(16)7-5-4-6-8-13-9-11-14-10(2)15-18-11/h13H,3-9H2,1-2H3. The Balaban J connectivity index is 1.91. The van der Waals surface area contributed by atoms with Crippen LogP contribution in [-0.4, -0.2) is 29.3 Å². The molecule has 102 valence electrons. The Labute approximate surface area is 107 Å². The number of hydrogen-bond donors (Lipinski definition) is 1. The lowest BCUT2D eigenvalue weighted by Crippen LogP contribution is -2.15. The van der Waals surface area contributed by atoms with Crippen molar-refractivity contribution in [2.45, 2.75) is 46.1 Å². The molecule has 1 rings (SSSR count). The number of nitrogens with zero attached hydrogens (tertiary/aromatic N) is 2. The van der Waals surface area contributed by atoms with E-state index < -0.39 is 0 Å². The zero-order valence-corrected chi connectivity index (χ0v) is 11.1. The van der Waals surface area contributed by atoms with Gasteiger partial charge in [0, 0.05) is 6.42 Å². The number of nitrogens with one attached hydrogen (secondary N) is 1. The zero-order chi connectivity index (χ0) is 13.2. The van der Waals surface area contributed by atoms with Gasteiger partial charge in [-0.05, 0) is 33.2 Å². The summed E-state index contributed by atoms with van der Waals surface area (Å²) in [6.07, 6.45) is 3.41. The predicted octanol–water partition coefficient (Wildman–Crippen LogP) is 1.59. The van der Waals surface area contributed by atoms with Gasteiger partial charge < -0.3 is 14.6 Å². The van der Waals surface area contributed by atoms with Crippen LogP contribution in [0.15, 0.2) is 4.52 Å². The number of carbonyl (C=O) groups is 1. The van der Waals surface area contributed by atoms with Crippen molar-refractivity contribution in [3.05, 3.63) is 11.7 Å². The van der Waals surface area contributed by atoms with Crippen LogP contribution in [0.5, 0.6) is 0 Å². The number of rotatable bonds is 9. The molecule has 0 radical (unpaired) electrons. The molecule has 1 aromatic rings. The van der Waals surface area contributed by atoms with Crippen molar-refractivity contribution in [1.29, 1.82) is 0 Å². The maximum atomic E-state index is 11.1. The van der Waals surface area contributed by atoms with Crippen LogP contribution in [0.2, 0.25) is 0 Å². The molecule has 0 aliphatic carbocycles. The second kappa shape index (κ2) is 8.63. The van der Waals surface area contributed by atoms with Gasteiger partial charge in [-0.2, -0.15) is 4.98 Å². The molecule has 0 bridgehead atoms. The zero-order valence-electron chi connectivity index (χ0n) is 11.1. The maximum absolute atomic E-state index is 11.1. The SMILES string of the molecule is CCOC(=O)CCCCCNCc1nc(C)no1. The van der Waals surface area contributed by atoms with Gasteiger partial charge in [0.25, 0.3) is 0 Å². The second-order valence-electron chi connectivity index (χ2n) is 4.03. The van der Waals surface area contributed by atoms with E-state index in [0.29, 0.717) is 31.3 Å². The topological polar surface area (TPSA) is 77.2 Å². The van der Waals surface area contributed by atoms with Gasteiger partial charge in [-0.15, -0.1) is 0 Å². The summed E-state index contributed by atoms with van der Waals surface area (Å²) in [6, 6.07) is 0. The lowest BCUT2D eigenvalue weighted by atomic mass is 10.2. The molecule has 0 amide bonds. The fourth-order valence-corrected chi connectivity index (χ4v) is 1.54. The van der Waals surface area contributed by atoms with E-state index >= 15 is 0 Å². The van der Waals surface area contributed by atoms with Crippen LogP contribution >= 0.6 is 0 Å². The predicted molar refractivity (Wildman–Crippen MR) is 65.8 cm³/mol. The molecule has 1 N–H and O–H groups in total. The molecule has 0 saturated heterocycles. The van der Waals surface area contributed by atoms with Crippen molar-refractivity contribution in [2.75, 3.05) is 13.2 Å². The van der Waals surface area contributed by atoms with E-state index in [1.54, 1.807) is 6.92 Å². The molecule has 0 aromatic carbocycles. The van der Waals surface area contributed by atoms with E-state index in [-0.39, 0.29) is 5.97 Å². The summed E-state index contributed by atoms with van der Waals surface area (Å²) in [5, 5.41) is 6.92. The number of ether oxygens (including phenoxy) is 1. The molecule has 1 aromatic heterocycles. The van der Waals surface area contributed by atoms with Crippen molar-refractivity contribution in [1.82, 2.24) is 15.5 Å². The van der Waals surface area contributed by atoms with Gasteiger partial charge in [-0.25, -0.2) is 0 Å². The van der Waals surface area contributed by atoms with Crippen LogP contribution in [0.25, 0.3) is 0 Å². The summed E-state index contributed by atoms with van der Waals surface area (Å²) >= 11 is 0. The summed E-state index contributed by atoms with van der Waals surface area (Å²) in [7, 11) is 0. The minimum Gasteiger partial charge on any atom is -0.466 e. The summed E-state index contributed by atoms with van der Waals surface area (Å²) in [5.41, 5.74) is 0. The summed E-state index contributed by atoms with van der Waals surface area (Å²) in [4.78, 5) is 15.1. The number of aryl methyl sites for hydroxylation is 1. The second-order valence-corrected chi connectivity index (χ2v) is 4.03. The quantitative estimate of drug-likeness (QED) is 0.533. The van der Waals surface area contributed by atoms with Crippen LogP contribution in [0.1, 0.15) is 44.3 Å². The Morgan fingerprint density at radius 3 is 2.89 bits per heavy atom. The largest absolute Gasteiger partial charge is 0.466 e. The summed E-state index contributed by atoms with van der Waals surface area (Å²) in [5.74, 6) is 1.16. The number of hydrogen-bond acceptors (Lipinski definition) is 6. The van der Waals surface area contributed by atoms with Crippen molar-refractivity contribution < 1.29 is 14.1 Å². The number of aromatic nitrogens is 2. The normalized spacial score (nSPS) is 10.6. The molecule has 6 nitrogen and oxygen atoms in total. The minimum atomic E-state index is -0.105. The highest BCUT2D eigenvalue weighted by molar-refractivity contribution is 5.69. The van der Waals surface area contributed by atoms with E-state index in [4.69, 9.17) is 9.26 Å². The van der Waals surface area contributed by atoms with Crippen LogP contribution in [0, 0.1) is 6.92 Å². The van der Waals surface area contributed by atoms with E-state index in [1.165, 1.54) is 0 Å². The fraction of sp³-hybridized carbons (Fsp3) is 0.750. The summed E-state index contributed by atoms with van der Waals surface area (Å²) in [6.45, 7) is 5.55. The van der Waals surface area contributed by atoms with Crippen LogP contribution in [0.4, 0.5) is 0 Å². The molecule has 0 spiro atoms. The Bertz CT molecular complexity index is 352. The molecule has 0 aliphatic rings. The molecule has 0 unspecified atom stereocenters. The van der Waals surface area contributed by atoms with Gasteiger partial charge in [-0.3, -0.25) is 4.79 Å². The first-order valence-electron chi connectivity index (χ1n) is 6.38. The molecular formula is C12H21N3O3. The molecule has 1 heterocycles. The monoisotopic (exact) mass is 255 g/mol. The third-order valence-electron chi connectivity index (χ3n) is 2.39. The maximum Gasteiger partial charge on any atom is 0.305 e. The lowest BCUT2D eigenvalue weighted by molar-refractivity contribution is -0.143. The average Bonchev–Trinajstić information content (AvgIpc) is 2.74. The minimum absolute atomic E-state index is 0.105. The highest BCUT2D eigenvalue weighted by Crippen LogP contribution is 2.01. The van der Waals surface area contributed by atoms with Crippen LogP contribution in [-0.2, 0) is 16.1 Å². The first kappa shape index (κ1) is 14.6. The fourth-order valence-electron chi connectivity index (χ4n) is 1.54. The van der Waals surface area contributed by atoms with E-state index in [1.807, 2.05) is 6.92 Å². The Morgan fingerprint density at radius 2 is 2.22 bits per heavy atom. The third kappa shape index (κ3) is 6.34. The van der Waals surface area contributed by atoms with Gasteiger partial charge in [-0.1, -0.05) is 11.6 Å². The molecule has 0 fully saturated rings. The molecule has 6 heteroatoms. The summed E-state index contributed by atoms with van der Waals surface area (Å²) < 4.78 is 9.81. The first-order chi connectivity index (χ1) is 8.72. The van der Waals surface area contributed by atoms with E-state index in [2.05, 4.69) is 15.5 Å². The van der Waals surface area contributed by atoms with Gasteiger partial charge in [0.1, 0.15) is 0 Å². The third-order valence-corrected chi connectivity index (χ3v) is 2.39. The van der Waals surface area contributed by atoms with E-state index in [9.17, 15) is 4.79 Å². The molecule has 0 atom stereocenters. The average molecular weight is 255 g/mol. The first-order valence-corrected chi connectivity index (χ1v) is 6.38. The van der Waals surface area contributed by atoms with Crippen LogP contribution in [0.3, 0.4) is 0 Å². The Hall–Kier alpha value is -1.43. The number of esters is 1. The number of unbranched alkanes of at least 4 members (excludes halogenated alkanes) is 2. The number of carbonyl (C=O) groups excluding carboxylic acids is 1. The smallest absolute Gasteiger partial charge is 0.305 e. The van der Waals surface area contributed by atoms with Crippen molar-refractivity contribution in [2.24, 2.45) is 0 Å². The van der Waals surface area contributed by atoms with Crippen LogP contribution < -0.4 is 5.32 Å². The molecule has 0 aliphatic heterocycles. The molecule has 0 saturated carbocycles. The van der Waals surface area contributed by atoms with Gasteiger partial charge >= 0.3 is 5.97 Å². The van der Waals surface area contributed by atoms with Gasteiger partial charge in [0.2, 0.25) is 5.89 Å². The van der Waals surface area contributed by atoms with Crippen molar-refractivity contribution in [3.63, 3.8) is 0 Å². The van der Waals surface area contributed by atoms with Gasteiger partial charge in [0.05, 0.1) is 13.2 Å². The Kier molecular flexibility index (Phi) is 7.01. The molecular weight excluding hydrogens is 234 g/mol. The van der Waals surface area contributed by atoms with E-state index in [0.717, 1.165) is 25.8 Å². The highest BCUT2D eigenvalue weighted by Gasteiger charge is 2.02. The molecule has 18 heavy (non-hydrogen) atoms. The van der Waals surface area contributed by atoms with Gasteiger partial charge in [0.15, 0.2) is 5.82 Å². The van der Waals surface area contributed by atoms with Crippen molar-refractivity contribution >= 4 is 5.97 Å². The van der Waals surface area contributed by atoms with Crippen molar-refractivity contribution in [3.8, 4) is 0 Å². The highest BCUT2D eigenvalue weighted by atomic mass is 16.5. The Morgan fingerprint density at radius 1 is 1.39 bits per heavy atom.